The number of hydrogen-bond donors (Lipinski definition) is 2. The quantitative estimate of drug-likeness (QED) is 0.766. The summed E-state index contributed by atoms with van der Waals surface area (Å²) in [5, 5.41) is 13.4. The maximum absolute atomic E-state index is 10.1. The van der Waals surface area contributed by atoms with Crippen molar-refractivity contribution < 1.29 is 9.84 Å². The third kappa shape index (κ3) is 4.44. The lowest BCUT2D eigenvalue weighted by Gasteiger charge is -2.37. The normalized spacial score (nSPS) is 23.1. The fourth-order valence-electron chi connectivity index (χ4n) is 2.53. The number of anilines is 1. The van der Waals surface area contributed by atoms with E-state index in [9.17, 15) is 5.11 Å². The summed E-state index contributed by atoms with van der Waals surface area (Å²) in [7, 11) is 1.70. The lowest BCUT2D eigenvalue weighted by Crippen LogP contribution is -2.46. The van der Waals surface area contributed by atoms with Gasteiger partial charge in [-0.05, 0) is 31.4 Å². The Kier molecular flexibility index (Phi) is 5.34. The summed E-state index contributed by atoms with van der Waals surface area (Å²) in [6, 6.07) is 4.13. The summed E-state index contributed by atoms with van der Waals surface area (Å²) >= 11 is 0. The van der Waals surface area contributed by atoms with E-state index in [1.807, 2.05) is 19.2 Å². The molecule has 0 spiro atoms. The lowest BCUT2D eigenvalue weighted by atomic mass is 9.95. The second-order valence-electron chi connectivity index (χ2n) is 5.72. The molecule has 2 heterocycles. The molecular weight excluding hydrogens is 254 g/mol. The number of nitrogens with one attached hydrogen (secondary N) is 1. The number of rotatable bonds is 6. The first-order chi connectivity index (χ1) is 9.61. The maximum Gasteiger partial charge on any atom is 0.128 e. The number of aliphatic hydroxyl groups is 1. The molecule has 1 saturated heterocycles. The minimum atomic E-state index is -0.597. The molecule has 0 amide bonds. The molecule has 1 aliphatic rings. The van der Waals surface area contributed by atoms with Gasteiger partial charge in [0.25, 0.3) is 0 Å². The van der Waals surface area contributed by atoms with Crippen LogP contribution in [0.3, 0.4) is 0 Å². The predicted molar refractivity (Wildman–Crippen MR) is 79.9 cm³/mol. The second kappa shape index (κ2) is 7.02. The number of methoxy groups -OCH3 is 1. The van der Waals surface area contributed by atoms with E-state index in [0.29, 0.717) is 13.2 Å². The van der Waals surface area contributed by atoms with E-state index in [-0.39, 0.29) is 0 Å². The van der Waals surface area contributed by atoms with Gasteiger partial charge in [-0.3, -0.25) is 0 Å². The van der Waals surface area contributed by atoms with Crippen LogP contribution in [0.25, 0.3) is 0 Å². The molecule has 0 saturated carbocycles. The Labute approximate surface area is 121 Å². The first-order valence-electron chi connectivity index (χ1n) is 7.23. The van der Waals surface area contributed by atoms with Crippen molar-refractivity contribution in [3.63, 3.8) is 0 Å². The van der Waals surface area contributed by atoms with Gasteiger partial charge in [-0.25, -0.2) is 4.98 Å². The highest BCUT2D eigenvalue weighted by atomic mass is 16.5. The summed E-state index contributed by atoms with van der Waals surface area (Å²) in [5.41, 5.74) is 0.564. The van der Waals surface area contributed by atoms with Gasteiger partial charge in [0.2, 0.25) is 0 Å². The van der Waals surface area contributed by atoms with E-state index < -0.39 is 5.60 Å². The third-order valence-corrected chi connectivity index (χ3v) is 3.62. The number of piperidine rings is 1. The monoisotopic (exact) mass is 279 g/mol. The molecule has 1 aromatic heterocycles. The smallest absolute Gasteiger partial charge is 0.128 e. The van der Waals surface area contributed by atoms with E-state index in [4.69, 9.17) is 4.74 Å². The Balaban J connectivity index is 1.87. The summed E-state index contributed by atoms with van der Waals surface area (Å²) in [4.78, 5) is 6.67. The largest absolute Gasteiger partial charge is 0.388 e. The van der Waals surface area contributed by atoms with Crippen LogP contribution in [0.1, 0.15) is 25.3 Å². The highest BCUT2D eigenvalue weighted by molar-refractivity contribution is 5.40. The molecule has 1 fully saturated rings. The fraction of sp³-hybridized carbons (Fsp3) is 0.667. The van der Waals surface area contributed by atoms with Crippen LogP contribution in [-0.4, -0.2) is 49.0 Å². The van der Waals surface area contributed by atoms with E-state index in [1.165, 1.54) is 0 Å². The van der Waals surface area contributed by atoms with Crippen LogP contribution in [0.2, 0.25) is 0 Å². The van der Waals surface area contributed by atoms with Gasteiger partial charge in [-0.15, -0.1) is 0 Å². The zero-order valence-corrected chi connectivity index (χ0v) is 12.4. The van der Waals surface area contributed by atoms with Crippen molar-refractivity contribution in [2.24, 2.45) is 0 Å². The zero-order chi connectivity index (χ0) is 14.4. The first kappa shape index (κ1) is 15.2. The van der Waals surface area contributed by atoms with Gasteiger partial charge in [0.1, 0.15) is 5.82 Å². The number of ether oxygens (including phenoxy) is 1. The number of nitrogens with zero attached hydrogens (tertiary/aromatic N) is 2. The van der Waals surface area contributed by atoms with Gasteiger partial charge in [0.15, 0.2) is 0 Å². The van der Waals surface area contributed by atoms with Gasteiger partial charge in [0.05, 0.1) is 12.2 Å². The fourth-order valence-corrected chi connectivity index (χ4v) is 2.53. The number of aromatic nitrogens is 1. The van der Waals surface area contributed by atoms with Crippen LogP contribution in [0.15, 0.2) is 18.3 Å². The van der Waals surface area contributed by atoms with Crippen molar-refractivity contribution in [1.82, 2.24) is 10.3 Å². The lowest BCUT2D eigenvalue weighted by molar-refractivity contribution is 0.0447. The van der Waals surface area contributed by atoms with E-state index >= 15 is 0 Å². The summed E-state index contributed by atoms with van der Waals surface area (Å²) in [5.74, 6) is 0.950. The average molecular weight is 279 g/mol. The summed E-state index contributed by atoms with van der Waals surface area (Å²) in [6.07, 6.45) is 3.78. The molecule has 0 bridgehead atoms. The van der Waals surface area contributed by atoms with Gasteiger partial charge < -0.3 is 20.1 Å². The molecule has 1 unspecified atom stereocenters. The zero-order valence-electron chi connectivity index (χ0n) is 12.4. The highest BCUT2D eigenvalue weighted by Gasteiger charge is 2.28. The molecule has 1 aliphatic heterocycles. The molecule has 0 aliphatic carbocycles. The number of pyridine rings is 1. The Morgan fingerprint density at radius 1 is 1.50 bits per heavy atom. The summed E-state index contributed by atoms with van der Waals surface area (Å²) in [6.45, 7) is 5.88. The Hall–Kier alpha value is -1.17. The maximum atomic E-state index is 10.1. The molecule has 1 atom stereocenters. The molecular formula is C15H25N3O2. The van der Waals surface area contributed by atoms with Crippen molar-refractivity contribution in [3.8, 4) is 0 Å². The number of β-amino-alcohol motifs (C(OH)–C–C–N with tert-alkyl or cyclic N) is 1. The molecule has 0 radical (unpaired) electrons. The Morgan fingerprint density at radius 2 is 2.35 bits per heavy atom. The van der Waals surface area contributed by atoms with Crippen LogP contribution in [0.5, 0.6) is 0 Å². The van der Waals surface area contributed by atoms with Crippen molar-refractivity contribution in [2.45, 2.75) is 31.9 Å². The van der Waals surface area contributed by atoms with E-state index in [1.54, 1.807) is 7.11 Å². The van der Waals surface area contributed by atoms with Gasteiger partial charge in [-0.2, -0.15) is 0 Å². The van der Waals surface area contributed by atoms with Crippen LogP contribution in [-0.2, 0) is 11.3 Å². The van der Waals surface area contributed by atoms with Gasteiger partial charge >= 0.3 is 0 Å². The predicted octanol–water partition coefficient (Wildman–Crippen LogP) is 1.17. The van der Waals surface area contributed by atoms with Crippen LogP contribution in [0.4, 0.5) is 5.82 Å². The minimum absolute atomic E-state index is 0.597. The topological polar surface area (TPSA) is 57.6 Å². The number of hydrogen-bond acceptors (Lipinski definition) is 5. The minimum Gasteiger partial charge on any atom is -0.388 e. The Bertz CT molecular complexity index is 406. The van der Waals surface area contributed by atoms with Crippen molar-refractivity contribution in [2.75, 3.05) is 38.3 Å². The summed E-state index contributed by atoms with van der Waals surface area (Å²) < 4.78 is 4.99. The van der Waals surface area contributed by atoms with Crippen LogP contribution in [0, 0.1) is 0 Å². The van der Waals surface area contributed by atoms with E-state index in [0.717, 1.165) is 43.9 Å². The third-order valence-electron chi connectivity index (χ3n) is 3.62. The molecule has 5 nitrogen and oxygen atoms in total. The average Bonchev–Trinajstić information content (AvgIpc) is 2.43. The highest BCUT2D eigenvalue weighted by Crippen LogP contribution is 2.24. The molecule has 2 N–H and O–H groups in total. The van der Waals surface area contributed by atoms with Gasteiger partial charge in [0, 0.05) is 39.5 Å². The van der Waals surface area contributed by atoms with Crippen LogP contribution < -0.4 is 10.2 Å². The van der Waals surface area contributed by atoms with E-state index in [2.05, 4.69) is 21.3 Å². The van der Waals surface area contributed by atoms with Crippen molar-refractivity contribution in [1.29, 1.82) is 0 Å². The molecule has 2 rings (SSSR count). The first-order valence-corrected chi connectivity index (χ1v) is 7.23. The standard InChI is InChI=1S/C15H25N3O2/c1-15(19)6-3-8-18(12-15)14-5-4-13(11-17-14)10-16-7-9-20-2/h4-5,11,16,19H,3,6-10,12H2,1-2H3. The second-order valence-corrected chi connectivity index (χ2v) is 5.72. The molecule has 112 valence electrons. The van der Waals surface area contributed by atoms with Gasteiger partial charge in [-0.1, -0.05) is 6.07 Å². The SMILES string of the molecule is COCCNCc1ccc(N2CCCC(C)(O)C2)nc1. The molecule has 5 heteroatoms. The van der Waals surface area contributed by atoms with Crippen molar-refractivity contribution in [3.05, 3.63) is 23.9 Å². The molecule has 20 heavy (non-hydrogen) atoms. The molecule has 1 aromatic rings. The van der Waals surface area contributed by atoms with Crippen LogP contribution >= 0.6 is 0 Å². The van der Waals surface area contributed by atoms with Crippen molar-refractivity contribution >= 4 is 5.82 Å². The molecule has 0 aromatic carbocycles. The Morgan fingerprint density at radius 3 is 3.00 bits per heavy atom.